The standard InChI is InChI=1S/C30H27ClN2O6S/c1-4-26(29(35)33-23-15-22(31)24(38-2)16-25(23)39-3)40-19-11-7-10-18(14-19)32-28(34)20-12-5-8-17-9-6-13-21(27(17)20)30(36)37/h5-16,26H,4H2,1-3H3,(H,32,34)(H,33,35)(H,36,37). The van der Waals surface area contributed by atoms with Gasteiger partial charge in [-0.25, -0.2) is 4.79 Å². The van der Waals surface area contributed by atoms with E-state index in [1.165, 1.54) is 32.0 Å². The van der Waals surface area contributed by atoms with Crippen molar-refractivity contribution in [2.45, 2.75) is 23.5 Å². The fourth-order valence-electron chi connectivity index (χ4n) is 4.21. The summed E-state index contributed by atoms with van der Waals surface area (Å²) in [5, 5.41) is 16.3. The highest BCUT2D eigenvalue weighted by atomic mass is 35.5. The SMILES string of the molecule is CCC(Sc1cccc(NC(=O)c2cccc3cccc(C(=O)O)c23)c1)C(=O)Nc1cc(Cl)c(OC)cc1OC. The number of thioether (sulfide) groups is 1. The van der Waals surface area contributed by atoms with Crippen LogP contribution in [0.25, 0.3) is 10.8 Å². The summed E-state index contributed by atoms with van der Waals surface area (Å²) in [6.45, 7) is 1.90. The molecule has 3 N–H and O–H groups in total. The van der Waals surface area contributed by atoms with Crippen molar-refractivity contribution in [3.63, 3.8) is 0 Å². The number of anilines is 2. The van der Waals surface area contributed by atoms with Crippen LogP contribution in [-0.2, 0) is 4.79 Å². The molecule has 0 aliphatic heterocycles. The Morgan fingerprint density at radius 1 is 0.900 bits per heavy atom. The fraction of sp³-hybridized carbons (Fsp3) is 0.167. The number of methoxy groups -OCH3 is 2. The minimum Gasteiger partial charge on any atom is -0.495 e. The number of aromatic carboxylic acids is 1. The molecule has 0 aromatic heterocycles. The van der Waals surface area contributed by atoms with Crippen molar-refractivity contribution in [2.24, 2.45) is 0 Å². The van der Waals surface area contributed by atoms with Gasteiger partial charge in [0, 0.05) is 27.6 Å². The number of hydrogen-bond acceptors (Lipinski definition) is 6. The zero-order valence-corrected chi connectivity index (χ0v) is 23.6. The van der Waals surface area contributed by atoms with Crippen molar-refractivity contribution in [1.29, 1.82) is 0 Å². The molecule has 0 heterocycles. The minimum absolute atomic E-state index is 0.0548. The molecule has 0 saturated carbocycles. The van der Waals surface area contributed by atoms with E-state index in [2.05, 4.69) is 10.6 Å². The van der Waals surface area contributed by atoms with Crippen LogP contribution in [0.15, 0.2) is 77.7 Å². The van der Waals surface area contributed by atoms with Crippen LogP contribution in [0.2, 0.25) is 5.02 Å². The predicted octanol–water partition coefficient (Wildman–Crippen LogP) is 6.97. The van der Waals surface area contributed by atoms with Crippen LogP contribution in [0.4, 0.5) is 11.4 Å². The molecule has 0 fully saturated rings. The number of amides is 2. The maximum absolute atomic E-state index is 13.2. The van der Waals surface area contributed by atoms with E-state index in [0.29, 0.717) is 45.1 Å². The number of carboxylic acid groups (broad SMARTS) is 1. The molecule has 2 amide bonds. The van der Waals surface area contributed by atoms with Gasteiger partial charge in [0.15, 0.2) is 0 Å². The summed E-state index contributed by atoms with van der Waals surface area (Å²) in [5.41, 5.74) is 1.25. The second kappa shape index (κ2) is 12.8. The van der Waals surface area contributed by atoms with Gasteiger partial charge in [-0.15, -0.1) is 11.8 Å². The number of ether oxygens (including phenoxy) is 2. The average Bonchev–Trinajstić information content (AvgIpc) is 2.95. The summed E-state index contributed by atoms with van der Waals surface area (Å²) < 4.78 is 10.6. The van der Waals surface area contributed by atoms with Gasteiger partial charge in [0.1, 0.15) is 11.5 Å². The number of hydrogen-bond donors (Lipinski definition) is 3. The lowest BCUT2D eigenvalue weighted by Gasteiger charge is -2.18. The van der Waals surface area contributed by atoms with Crippen molar-refractivity contribution < 1.29 is 29.0 Å². The summed E-state index contributed by atoms with van der Waals surface area (Å²) in [4.78, 5) is 38.9. The van der Waals surface area contributed by atoms with Crippen LogP contribution >= 0.6 is 23.4 Å². The third-order valence-corrected chi connectivity index (χ3v) is 7.80. The molecular formula is C30H27ClN2O6S. The topological polar surface area (TPSA) is 114 Å². The molecule has 4 aromatic rings. The number of carbonyl (C=O) groups excluding carboxylic acids is 2. The molecular weight excluding hydrogens is 552 g/mol. The number of carboxylic acids is 1. The first-order valence-electron chi connectivity index (χ1n) is 12.3. The Kier molecular flexibility index (Phi) is 9.19. The van der Waals surface area contributed by atoms with Crippen molar-refractivity contribution in [1.82, 2.24) is 0 Å². The van der Waals surface area contributed by atoms with Gasteiger partial charge in [0.05, 0.1) is 35.7 Å². The van der Waals surface area contributed by atoms with Gasteiger partial charge >= 0.3 is 5.97 Å². The summed E-state index contributed by atoms with van der Waals surface area (Å²) in [6.07, 6.45) is 0.535. The highest BCUT2D eigenvalue weighted by Gasteiger charge is 2.21. The van der Waals surface area contributed by atoms with Gasteiger partial charge < -0.3 is 25.2 Å². The Morgan fingerprint density at radius 3 is 2.23 bits per heavy atom. The molecule has 8 nitrogen and oxygen atoms in total. The Balaban J connectivity index is 1.52. The Hall–Kier alpha value is -4.21. The molecule has 0 aliphatic rings. The Morgan fingerprint density at radius 2 is 1.57 bits per heavy atom. The van der Waals surface area contributed by atoms with Crippen LogP contribution < -0.4 is 20.1 Å². The van der Waals surface area contributed by atoms with Crippen molar-refractivity contribution >= 4 is 63.3 Å². The number of halogens is 1. The molecule has 1 atom stereocenters. The van der Waals surface area contributed by atoms with E-state index in [4.69, 9.17) is 21.1 Å². The number of rotatable bonds is 10. The molecule has 4 aromatic carbocycles. The first kappa shape index (κ1) is 28.8. The van der Waals surface area contributed by atoms with Crippen molar-refractivity contribution in [3.05, 3.63) is 88.9 Å². The predicted molar refractivity (Wildman–Crippen MR) is 158 cm³/mol. The fourth-order valence-corrected chi connectivity index (χ4v) is 5.47. The molecule has 0 bridgehead atoms. The van der Waals surface area contributed by atoms with Crippen LogP contribution in [0, 0.1) is 0 Å². The third-order valence-electron chi connectivity index (χ3n) is 6.14. The van der Waals surface area contributed by atoms with Gasteiger partial charge in [0.25, 0.3) is 5.91 Å². The van der Waals surface area contributed by atoms with Crippen LogP contribution in [-0.4, -0.2) is 42.4 Å². The Bertz CT molecular complexity index is 1590. The minimum atomic E-state index is -1.11. The maximum Gasteiger partial charge on any atom is 0.336 e. The van der Waals surface area contributed by atoms with Crippen LogP contribution in [0.5, 0.6) is 11.5 Å². The Labute approximate surface area is 240 Å². The molecule has 0 aliphatic carbocycles. The molecule has 206 valence electrons. The van der Waals surface area contributed by atoms with E-state index in [1.54, 1.807) is 60.7 Å². The normalized spacial score (nSPS) is 11.5. The summed E-state index contributed by atoms with van der Waals surface area (Å²) in [6, 6.07) is 20.3. The van der Waals surface area contributed by atoms with Crippen molar-refractivity contribution in [2.75, 3.05) is 24.9 Å². The zero-order valence-electron chi connectivity index (χ0n) is 22.0. The van der Waals surface area contributed by atoms with Gasteiger partial charge in [-0.3, -0.25) is 9.59 Å². The van der Waals surface area contributed by atoms with E-state index in [1.807, 2.05) is 13.0 Å². The average molecular weight is 579 g/mol. The quantitative estimate of drug-likeness (QED) is 0.174. The van der Waals surface area contributed by atoms with Gasteiger partial charge in [-0.05, 0) is 48.2 Å². The van der Waals surface area contributed by atoms with Crippen LogP contribution in [0.1, 0.15) is 34.1 Å². The maximum atomic E-state index is 13.2. The number of benzene rings is 4. The third kappa shape index (κ3) is 6.32. The second-order valence-electron chi connectivity index (χ2n) is 8.69. The van der Waals surface area contributed by atoms with Gasteiger partial charge in [-0.2, -0.15) is 0 Å². The lowest BCUT2D eigenvalue weighted by atomic mass is 9.98. The molecule has 4 rings (SSSR count). The van der Waals surface area contributed by atoms with E-state index in [-0.39, 0.29) is 17.0 Å². The van der Waals surface area contributed by atoms with E-state index < -0.39 is 17.1 Å². The van der Waals surface area contributed by atoms with Gasteiger partial charge in [-0.1, -0.05) is 48.9 Å². The van der Waals surface area contributed by atoms with E-state index >= 15 is 0 Å². The zero-order chi connectivity index (χ0) is 28.8. The molecule has 10 heteroatoms. The lowest BCUT2D eigenvalue weighted by molar-refractivity contribution is -0.115. The monoisotopic (exact) mass is 578 g/mol. The molecule has 0 radical (unpaired) electrons. The smallest absolute Gasteiger partial charge is 0.336 e. The first-order chi connectivity index (χ1) is 19.2. The summed E-state index contributed by atoms with van der Waals surface area (Å²) >= 11 is 7.59. The highest BCUT2D eigenvalue weighted by molar-refractivity contribution is 8.00. The van der Waals surface area contributed by atoms with Gasteiger partial charge in [0.2, 0.25) is 5.91 Å². The number of fused-ring (bicyclic) bond motifs is 1. The largest absolute Gasteiger partial charge is 0.495 e. The lowest BCUT2D eigenvalue weighted by Crippen LogP contribution is -2.24. The summed E-state index contributed by atoms with van der Waals surface area (Å²) in [5.74, 6) is -0.936. The first-order valence-corrected chi connectivity index (χ1v) is 13.6. The molecule has 0 spiro atoms. The van der Waals surface area contributed by atoms with Crippen molar-refractivity contribution in [3.8, 4) is 11.5 Å². The number of carbonyl (C=O) groups is 3. The van der Waals surface area contributed by atoms with E-state index in [9.17, 15) is 19.5 Å². The molecule has 0 saturated heterocycles. The van der Waals surface area contributed by atoms with Crippen LogP contribution in [0.3, 0.4) is 0 Å². The number of nitrogens with one attached hydrogen (secondary N) is 2. The second-order valence-corrected chi connectivity index (χ2v) is 10.4. The molecule has 1 unspecified atom stereocenters. The highest BCUT2D eigenvalue weighted by Crippen LogP contribution is 2.37. The van der Waals surface area contributed by atoms with E-state index in [0.717, 1.165) is 4.90 Å². The molecule has 40 heavy (non-hydrogen) atoms. The summed E-state index contributed by atoms with van der Waals surface area (Å²) in [7, 11) is 2.99.